The van der Waals surface area contributed by atoms with Crippen molar-refractivity contribution in [2.75, 3.05) is 26.6 Å². The minimum absolute atomic E-state index is 0.0330. The quantitative estimate of drug-likeness (QED) is 0.120. The summed E-state index contributed by atoms with van der Waals surface area (Å²) < 4.78 is 45.9. The minimum Gasteiger partial charge on any atom is -0.493 e. The van der Waals surface area contributed by atoms with Crippen molar-refractivity contribution < 1.29 is 36.7 Å². The van der Waals surface area contributed by atoms with Gasteiger partial charge in [-0.1, -0.05) is 44.9 Å². The molecule has 1 N–H and O–H groups in total. The highest BCUT2D eigenvalue weighted by Gasteiger charge is 2.16. The van der Waals surface area contributed by atoms with Crippen LogP contribution in [0.4, 0.5) is 0 Å². The van der Waals surface area contributed by atoms with Crippen LogP contribution < -0.4 is 13.7 Å². The molecule has 0 aromatic heterocycles. The zero-order chi connectivity index (χ0) is 27.3. The van der Waals surface area contributed by atoms with Crippen LogP contribution in [0.5, 0.6) is 17.2 Å². The third-order valence-electron chi connectivity index (χ3n) is 5.68. The largest absolute Gasteiger partial charge is 0.493 e. The average molecular weight is 535 g/mol. The van der Waals surface area contributed by atoms with Gasteiger partial charge in [-0.2, -0.15) is 8.42 Å². The summed E-state index contributed by atoms with van der Waals surface area (Å²) >= 11 is 0. The fourth-order valence-electron chi connectivity index (χ4n) is 3.61. The van der Waals surface area contributed by atoms with Crippen molar-refractivity contribution in [2.45, 2.75) is 58.8 Å². The van der Waals surface area contributed by atoms with Gasteiger partial charge in [-0.25, -0.2) is 4.79 Å². The van der Waals surface area contributed by atoms with E-state index < -0.39 is 16.1 Å². The van der Waals surface area contributed by atoms with Crippen molar-refractivity contribution in [2.24, 2.45) is 0 Å². The number of carbonyl (C=O) groups is 1. The van der Waals surface area contributed by atoms with Gasteiger partial charge in [-0.05, 0) is 73.1 Å². The second-order valence-corrected chi connectivity index (χ2v) is 10.3. The third-order valence-corrected chi connectivity index (χ3v) is 6.90. The molecule has 8 nitrogen and oxygen atoms in total. The van der Waals surface area contributed by atoms with E-state index in [0.29, 0.717) is 24.3 Å². The van der Waals surface area contributed by atoms with Crippen LogP contribution in [0.1, 0.15) is 62.6 Å². The highest BCUT2D eigenvalue weighted by Crippen LogP contribution is 2.31. The van der Waals surface area contributed by atoms with Gasteiger partial charge in [0.15, 0.2) is 11.5 Å². The maximum Gasteiger partial charge on any atom is 0.371 e. The number of hydrogen-bond acceptors (Lipinski definition) is 7. The Bertz CT molecular complexity index is 1150. The summed E-state index contributed by atoms with van der Waals surface area (Å²) in [5.74, 6) is -0.0210. The zero-order valence-electron chi connectivity index (χ0n) is 22.1. The van der Waals surface area contributed by atoms with Crippen molar-refractivity contribution in [3.05, 3.63) is 58.8 Å². The molecule has 0 saturated heterocycles. The first-order chi connectivity index (χ1) is 17.7. The van der Waals surface area contributed by atoms with Crippen LogP contribution in [0.15, 0.2) is 42.2 Å². The molecule has 0 unspecified atom stereocenters. The Kier molecular flexibility index (Phi) is 12.3. The number of benzene rings is 2. The van der Waals surface area contributed by atoms with Crippen molar-refractivity contribution in [3.8, 4) is 17.2 Å². The van der Waals surface area contributed by atoms with E-state index in [2.05, 4.69) is 6.92 Å². The lowest BCUT2D eigenvalue weighted by Crippen LogP contribution is -2.14. The molecule has 0 heterocycles. The van der Waals surface area contributed by atoms with Gasteiger partial charge in [-0.15, -0.1) is 0 Å². The molecule has 0 aliphatic rings. The summed E-state index contributed by atoms with van der Waals surface area (Å²) in [6.07, 6.45) is 6.99. The Morgan fingerprint density at radius 3 is 2.32 bits per heavy atom. The average Bonchev–Trinajstić information content (AvgIpc) is 2.87. The van der Waals surface area contributed by atoms with Crippen LogP contribution in [0.2, 0.25) is 0 Å². The standard InChI is InChI=1S/C28H38O8S/c1-5-7-16-35-25-19-22(20-27(34-4)28(29)30)12-14-23(25)11-9-10-21-13-15-24(26(18-21)33-3)36-37(31,32)17-8-6-2/h12-15,18-20H,5-11,16-17H2,1-4H3,(H,29,30)/b27-20-. The number of aliphatic carboxylic acids is 1. The molecule has 0 radical (unpaired) electrons. The summed E-state index contributed by atoms with van der Waals surface area (Å²) in [5, 5.41) is 9.23. The van der Waals surface area contributed by atoms with E-state index >= 15 is 0 Å². The van der Waals surface area contributed by atoms with Gasteiger partial charge in [0.1, 0.15) is 5.75 Å². The summed E-state index contributed by atoms with van der Waals surface area (Å²) in [4.78, 5) is 11.3. The van der Waals surface area contributed by atoms with Crippen LogP contribution in [0.25, 0.3) is 6.08 Å². The van der Waals surface area contributed by atoms with Gasteiger partial charge in [0.2, 0.25) is 5.76 Å². The van der Waals surface area contributed by atoms with Gasteiger partial charge < -0.3 is 23.5 Å². The molecular formula is C28H38O8S. The van der Waals surface area contributed by atoms with Gasteiger partial charge in [0.25, 0.3) is 0 Å². The number of carboxylic acids is 1. The van der Waals surface area contributed by atoms with E-state index in [9.17, 15) is 18.3 Å². The van der Waals surface area contributed by atoms with Crippen LogP contribution in [0.3, 0.4) is 0 Å². The molecule has 0 spiro atoms. The van der Waals surface area contributed by atoms with Crippen molar-refractivity contribution in [3.63, 3.8) is 0 Å². The highest BCUT2D eigenvalue weighted by atomic mass is 32.2. The monoisotopic (exact) mass is 534 g/mol. The summed E-state index contributed by atoms with van der Waals surface area (Å²) in [6.45, 7) is 4.59. The molecule has 0 amide bonds. The lowest BCUT2D eigenvalue weighted by molar-refractivity contribution is -0.135. The van der Waals surface area contributed by atoms with Crippen LogP contribution >= 0.6 is 0 Å². The Morgan fingerprint density at radius 2 is 1.68 bits per heavy atom. The Balaban J connectivity index is 2.13. The van der Waals surface area contributed by atoms with Crippen LogP contribution in [-0.2, 0) is 32.5 Å². The van der Waals surface area contributed by atoms with Crippen molar-refractivity contribution >= 4 is 22.2 Å². The lowest BCUT2D eigenvalue weighted by Gasteiger charge is -2.14. The molecule has 9 heteroatoms. The molecule has 0 fully saturated rings. The summed E-state index contributed by atoms with van der Waals surface area (Å²) in [7, 11) is -0.854. The Morgan fingerprint density at radius 1 is 0.919 bits per heavy atom. The van der Waals surface area contributed by atoms with Crippen LogP contribution in [-0.4, -0.2) is 46.1 Å². The molecule has 2 aromatic rings. The maximum absolute atomic E-state index is 12.2. The van der Waals surface area contributed by atoms with E-state index in [0.717, 1.165) is 55.4 Å². The zero-order valence-corrected chi connectivity index (χ0v) is 22.9. The topological polar surface area (TPSA) is 108 Å². The van der Waals surface area contributed by atoms with Crippen molar-refractivity contribution in [1.82, 2.24) is 0 Å². The normalized spacial score (nSPS) is 11.7. The molecular weight excluding hydrogens is 496 g/mol. The second kappa shape index (κ2) is 15.1. The smallest absolute Gasteiger partial charge is 0.371 e. The predicted molar refractivity (Wildman–Crippen MR) is 144 cm³/mol. The SMILES string of the molecule is CCCCOc1cc(/C=C(\OC)C(=O)O)ccc1CCCc1ccc(OS(=O)(=O)CCCC)c(OC)c1. The van der Waals surface area contributed by atoms with E-state index in [1.165, 1.54) is 20.3 Å². The predicted octanol–water partition coefficient (Wildman–Crippen LogP) is 5.63. The molecule has 0 bridgehead atoms. The minimum atomic E-state index is -3.67. The van der Waals surface area contributed by atoms with Gasteiger partial charge in [0.05, 0.1) is 26.6 Å². The fourth-order valence-corrected chi connectivity index (χ4v) is 4.74. The molecule has 0 saturated carbocycles. The highest BCUT2D eigenvalue weighted by molar-refractivity contribution is 7.87. The number of aryl methyl sites for hydroxylation is 2. The first-order valence-electron chi connectivity index (χ1n) is 12.6. The first-order valence-corrected chi connectivity index (χ1v) is 14.1. The molecule has 0 aliphatic carbocycles. The summed E-state index contributed by atoms with van der Waals surface area (Å²) in [5.41, 5.74) is 2.70. The molecule has 2 aromatic carbocycles. The maximum atomic E-state index is 12.2. The molecule has 0 aliphatic heterocycles. The molecule has 37 heavy (non-hydrogen) atoms. The lowest BCUT2D eigenvalue weighted by atomic mass is 10.0. The van der Waals surface area contributed by atoms with Crippen LogP contribution in [0, 0.1) is 0 Å². The number of ether oxygens (including phenoxy) is 3. The van der Waals surface area contributed by atoms with Crippen molar-refractivity contribution in [1.29, 1.82) is 0 Å². The number of carboxylic acid groups (broad SMARTS) is 1. The number of hydrogen-bond donors (Lipinski definition) is 1. The fraction of sp³-hybridized carbons (Fsp3) is 0.464. The molecule has 0 atom stereocenters. The van der Waals surface area contributed by atoms with Gasteiger partial charge in [-0.3, -0.25) is 0 Å². The molecule has 2 rings (SSSR count). The van der Waals surface area contributed by atoms with E-state index in [4.69, 9.17) is 18.4 Å². The number of rotatable bonds is 17. The van der Waals surface area contributed by atoms with E-state index in [1.54, 1.807) is 12.1 Å². The number of unbranched alkanes of at least 4 members (excludes halogenated alkanes) is 2. The van der Waals surface area contributed by atoms with Gasteiger partial charge in [0, 0.05) is 0 Å². The van der Waals surface area contributed by atoms with E-state index in [1.807, 2.05) is 31.2 Å². The van der Waals surface area contributed by atoms with E-state index in [-0.39, 0.29) is 17.3 Å². The second-order valence-electron chi connectivity index (χ2n) is 8.62. The summed E-state index contributed by atoms with van der Waals surface area (Å²) in [6, 6.07) is 10.9. The molecule has 204 valence electrons. The third kappa shape index (κ3) is 9.99. The van der Waals surface area contributed by atoms with Gasteiger partial charge >= 0.3 is 16.1 Å². The Labute approximate surface area is 220 Å². The Hall–Kier alpha value is -3.20. The first kappa shape index (κ1) is 30.0. The number of methoxy groups -OCH3 is 2.